The van der Waals surface area contributed by atoms with E-state index in [2.05, 4.69) is 21.7 Å². The third-order valence-electron chi connectivity index (χ3n) is 2.90. The molecule has 0 aliphatic carbocycles. The molecule has 2 heterocycles. The number of pyridine rings is 1. The molecule has 0 saturated carbocycles. The molecule has 4 heteroatoms. The van der Waals surface area contributed by atoms with Crippen LogP contribution in [-0.4, -0.2) is 42.6 Å². The molecule has 0 amide bonds. The minimum Gasteiger partial charge on any atom is -0.368 e. The number of rotatable bonds is 2. The topological polar surface area (TPSA) is 19.4 Å². The largest absolute Gasteiger partial charge is 0.368 e. The van der Waals surface area contributed by atoms with Crippen LogP contribution in [0.3, 0.4) is 0 Å². The Balaban J connectivity index is 1.98. The Kier molecular flexibility index (Phi) is 3.44. The van der Waals surface area contributed by atoms with Gasteiger partial charge in [0.05, 0.1) is 11.9 Å². The second-order valence-corrected chi connectivity index (χ2v) is 4.15. The number of halogens is 1. The Labute approximate surface area is 95.7 Å². The van der Waals surface area contributed by atoms with Gasteiger partial charge >= 0.3 is 0 Å². The number of likely N-dealkylation sites (N-methyl/N-ethyl adjacent to an activating group) is 1. The molecule has 1 saturated heterocycles. The zero-order valence-electron chi connectivity index (χ0n) is 8.99. The molecule has 0 aromatic carbocycles. The fourth-order valence-corrected chi connectivity index (χ4v) is 1.99. The van der Waals surface area contributed by atoms with Crippen molar-refractivity contribution in [2.75, 3.05) is 37.6 Å². The molecule has 0 spiro atoms. The minimum absolute atomic E-state index is 0.561. The molecule has 3 nitrogen and oxygen atoms in total. The Bertz CT molecular complexity index is 304. The number of anilines is 1. The summed E-state index contributed by atoms with van der Waals surface area (Å²) in [5.74, 6) is 0. The molecule has 1 aromatic rings. The third-order valence-corrected chi connectivity index (χ3v) is 3.12. The van der Waals surface area contributed by atoms with Gasteiger partial charge in [-0.15, -0.1) is 0 Å². The normalized spacial score (nSPS) is 18.1. The van der Waals surface area contributed by atoms with Crippen molar-refractivity contribution < 1.29 is 0 Å². The van der Waals surface area contributed by atoms with E-state index < -0.39 is 0 Å². The van der Waals surface area contributed by atoms with Crippen LogP contribution in [0.2, 0.25) is 5.15 Å². The van der Waals surface area contributed by atoms with Gasteiger partial charge in [-0.25, -0.2) is 4.98 Å². The molecule has 1 aromatic heterocycles. The average molecular weight is 226 g/mol. The number of aromatic nitrogens is 1. The molecule has 0 bridgehead atoms. The van der Waals surface area contributed by atoms with Gasteiger partial charge in [0.15, 0.2) is 0 Å². The highest BCUT2D eigenvalue weighted by atomic mass is 35.5. The van der Waals surface area contributed by atoms with Crippen molar-refractivity contribution in [1.29, 1.82) is 0 Å². The lowest BCUT2D eigenvalue weighted by Crippen LogP contribution is -2.46. The molecule has 15 heavy (non-hydrogen) atoms. The summed E-state index contributed by atoms with van der Waals surface area (Å²) < 4.78 is 0. The zero-order valence-corrected chi connectivity index (χ0v) is 9.74. The van der Waals surface area contributed by atoms with Crippen molar-refractivity contribution in [3.8, 4) is 0 Å². The fraction of sp³-hybridized carbons (Fsp3) is 0.545. The van der Waals surface area contributed by atoms with Crippen LogP contribution in [0.5, 0.6) is 0 Å². The molecule has 1 fully saturated rings. The van der Waals surface area contributed by atoms with Crippen LogP contribution >= 0.6 is 11.6 Å². The van der Waals surface area contributed by atoms with E-state index in [1.54, 1.807) is 0 Å². The summed E-state index contributed by atoms with van der Waals surface area (Å²) >= 11 is 5.76. The molecular formula is C11H16ClN3. The van der Waals surface area contributed by atoms with Crippen molar-refractivity contribution in [2.24, 2.45) is 0 Å². The van der Waals surface area contributed by atoms with Crippen molar-refractivity contribution in [3.63, 3.8) is 0 Å². The molecule has 82 valence electrons. The van der Waals surface area contributed by atoms with E-state index in [4.69, 9.17) is 11.6 Å². The first kappa shape index (κ1) is 10.7. The second kappa shape index (κ2) is 4.81. The van der Waals surface area contributed by atoms with Gasteiger partial charge in [-0.3, -0.25) is 0 Å². The summed E-state index contributed by atoms with van der Waals surface area (Å²) in [6.45, 7) is 7.79. The van der Waals surface area contributed by atoms with E-state index in [1.807, 2.05) is 18.3 Å². The summed E-state index contributed by atoms with van der Waals surface area (Å²) in [5.41, 5.74) is 1.18. The van der Waals surface area contributed by atoms with Crippen molar-refractivity contribution in [3.05, 3.63) is 23.5 Å². The molecule has 1 aliphatic heterocycles. The Hall–Kier alpha value is -0.800. The van der Waals surface area contributed by atoms with Gasteiger partial charge in [0.25, 0.3) is 0 Å². The minimum atomic E-state index is 0.561. The van der Waals surface area contributed by atoms with E-state index >= 15 is 0 Å². The molecule has 2 rings (SSSR count). The lowest BCUT2D eigenvalue weighted by molar-refractivity contribution is 0.271. The Morgan fingerprint density at radius 3 is 2.53 bits per heavy atom. The van der Waals surface area contributed by atoms with Gasteiger partial charge in [-0.2, -0.15) is 0 Å². The van der Waals surface area contributed by atoms with Crippen molar-refractivity contribution in [2.45, 2.75) is 6.92 Å². The van der Waals surface area contributed by atoms with Crippen LogP contribution in [0, 0.1) is 0 Å². The summed E-state index contributed by atoms with van der Waals surface area (Å²) in [7, 11) is 0. The van der Waals surface area contributed by atoms with Gasteiger partial charge in [0.2, 0.25) is 0 Å². The summed E-state index contributed by atoms with van der Waals surface area (Å²) in [6, 6.07) is 3.89. The number of hydrogen-bond acceptors (Lipinski definition) is 3. The predicted molar refractivity (Wildman–Crippen MR) is 63.6 cm³/mol. The van der Waals surface area contributed by atoms with E-state index in [1.165, 1.54) is 5.69 Å². The van der Waals surface area contributed by atoms with Crippen LogP contribution in [-0.2, 0) is 0 Å². The average Bonchev–Trinajstić information content (AvgIpc) is 2.30. The fourth-order valence-electron chi connectivity index (χ4n) is 1.88. The van der Waals surface area contributed by atoms with Crippen molar-refractivity contribution >= 4 is 17.3 Å². The van der Waals surface area contributed by atoms with Gasteiger partial charge in [0, 0.05) is 26.2 Å². The lowest BCUT2D eigenvalue weighted by atomic mass is 10.3. The van der Waals surface area contributed by atoms with Crippen LogP contribution < -0.4 is 4.90 Å². The maximum atomic E-state index is 5.76. The monoisotopic (exact) mass is 225 g/mol. The van der Waals surface area contributed by atoms with Crippen molar-refractivity contribution in [1.82, 2.24) is 9.88 Å². The highest BCUT2D eigenvalue weighted by Crippen LogP contribution is 2.16. The quantitative estimate of drug-likeness (QED) is 0.717. The van der Waals surface area contributed by atoms with Crippen LogP contribution in [0.15, 0.2) is 18.3 Å². The molecule has 0 N–H and O–H groups in total. The smallest absolute Gasteiger partial charge is 0.129 e. The van der Waals surface area contributed by atoms with Gasteiger partial charge < -0.3 is 9.80 Å². The van der Waals surface area contributed by atoms with Crippen LogP contribution in [0.25, 0.3) is 0 Å². The predicted octanol–water partition coefficient (Wildman–Crippen LogP) is 1.88. The first-order valence-corrected chi connectivity index (χ1v) is 5.76. The van der Waals surface area contributed by atoms with E-state index in [-0.39, 0.29) is 0 Å². The lowest BCUT2D eigenvalue weighted by Gasteiger charge is -2.35. The molecule has 0 unspecified atom stereocenters. The summed E-state index contributed by atoms with van der Waals surface area (Å²) in [6.07, 6.45) is 1.85. The summed E-state index contributed by atoms with van der Waals surface area (Å²) in [4.78, 5) is 8.92. The van der Waals surface area contributed by atoms with Crippen LogP contribution in [0.1, 0.15) is 6.92 Å². The standard InChI is InChI=1S/C11H16ClN3/c1-2-14-5-7-15(8-6-14)10-3-4-11(12)13-9-10/h3-4,9H,2,5-8H2,1H3. The Morgan fingerprint density at radius 1 is 1.27 bits per heavy atom. The first-order valence-electron chi connectivity index (χ1n) is 5.38. The maximum absolute atomic E-state index is 5.76. The highest BCUT2D eigenvalue weighted by Gasteiger charge is 2.15. The molecule has 1 aliphatic rings. The van der Waals surface area contributed by atoms with Gasteiger partial charge in [-0.05, 0) is 18.7 Å². The Morgan fingerprint density at radius 2 is 2.00 bits per heavy atom. The maximum Gasteiger partial charge on any atom is 0.129 e. The van der Waals surface area contributed by atoms with Gasteiger partial charge in [-0.1, -0.05) is 18.5 Å². The second-order valence-electron chi connectivity index (χ2n) is 3.76. The molecule has 0 radical (unpaired) electrons. The SMILES string of the molecule is CCN1CCN(c2ccc(Cl)nc2)CC1. The van der Waals surface area contributed by atoms with Crippen LogP contribution in [0.4, 0.5) is 5.69 Å². The van der Waals surface area contributed by atoms with E-state index in [0.717, 1.165) is 32.7 Å². The first-order chi connectivity index (χ1) is 7.29. The molecular weight excluding hydrogens is 210 g/mol. The zero-order chi connectivity index (χ0) is 10.7. The van der Waals surface area contributed by atoms with Gasteiger partial charge in [0.1, 0.15) is 5.15 Å². The van der Waals surface area contributed by atoms with E-state index in [9.17, 15) is 0 Å². The third kappa shape index (κ3) is 2.61. The highest BCUT2D eigenvalue weighted by molar-refractivity contribution is 6.29. The molecule has 0 atom stereocenters. The number of piperazine rings is 1. The summed E-state index contributed by atoms with van der Waals surface area (Å²) in [5, 5.41) is 0.561. The number of nitrogens with zero attached hydrogens (tertiary/aromatic N) is 3. The number of hydrogen-bond donors (Lipinski definition) is 0. The van der Waals surface area contributed by atoms with E-state index in [0.29, 0.717) is 5.15 Å².